The second-order valence-corrected chi connectivity index (χ2v) is 6.52. The minimum Gasteiger partial charge on any atom is -0.363 e. The van der Waals surface area contributed by atoms with Gasteiger partial charge in [0.2, 0.25) is 5.13 Å². The first-order valence-corrected chi connectivity index (χ1v) is 7.73. The van der Waals surface area contributed by atoms with Crippen molar-refractivity contribution in [2.24, 2.45) is 11.8 Å². The first kappa shape index (κ1) is 13.7. The highest BCUT2D eigenvalue weighted by Gasteiger charge is 2.20. The molecule has 1 saturated heterocycles. The van der Waals surface area contributed by atoms with Crippen molar-refractivity contribution in [1.82, 2.24) is 15.1 Å². The van der Waals surface area contributed by atoms with Crippen molar-refractivity contribution < 1.29 is 0 Å². The molecule has 18 heavy (non-hydrogen) atoms. The zero-order valence-electron chi connectivity index (χ0n) is 11.6. The highest BCUT2D eigenvalue weighted by atomic mass is 32.1. The fourth-order valence-electron chi connectivity index (χ4n) is 2.62. The van der Waals surface area contributed by atoms with Crippen LogP contribution in [0.25, 0.3) is 0 Å². The summed E-state index contributed by atoms with van der Waals surface area (Å²) in [5.41, 5.74) is 0. The Bertz CT molecular complexity index is 364. The lowest BCUT2D eigenvalue weighted by molar-refractivity contribution is 0.264. The summed E-state index contributed by atoms with van der Waals surface area (Å²) in [5, 5.41) is 13.4. The molecule has 2 rings (SSSR count). The van der Waals surface area contributed by atoms with Crippen LogP contribution in [0, 0.1) is 11.8 Å². The predicted octanol–water partition coefficient (Wildman–Crippen LogP) is 2.84. The zero-order valence-corrected chi connectivity index (χ0v) is 12.5. The molecule has 1 aliphatic heterocycles. The Hall–Kier alpha value is -0.680. The second-order valence-electron chi connectivity index (χ2n) is 5.46. The normalized spacial score (nSPS) is 22.1. The quantitative estimate of drug-likeness (QED) is 0.911. The van der Waals surface area contributed by atoms with Crippen LogP contribution in [0.3, 0.4) is 0 Å². The maximum atomic E-state index is 4.23. The molecule has 0 aliphatic carbocycles. The molecule has 1 aliphatic rings. The third-order valence-corrected chi connectivity index (χ3v) is 4.77. The first-order chi connectivity index (χ1) is 8.69. The maximum Gasteiger partial charge on any atom is 0.205 e. The van der Waals surface area contributed by atoms with Gasteiger partial charge in [0.25, 0.3) is 0 Å². The molecule has 2 heterocycles. The summed E-state index contributed by atoms with van der Waals surface area (Å²) in [6.45, 7) is 8.08. The van der Waals surface area contributed by atoms with Gasteiger partial charge in [0.05, 0.1) is 6.54 Å². The van der Waals surface area contributed by atoms with E-state index in [0.717, 1.165) is 28.5 Å². The number of anilines is 1. The molecule has 1 aromatic rings. The minimum atomic E-state index is 0.822. The van der Waals surface area contributed by atoms with E-state index >= 15 is 0 Å². The largest absolute Gasteiger partial charge is 0.363 e. The van der Waals surface area contributed by atoms with Crippen molar-refractivity contribution in [3.63, 3.8) is 0 Å². The van der Waals surface area contributed by atoms with Crippen LogP contribution < -0.4 is 5.32 Å². The molecule has 1 N–H and O–H groups in total. The van der Waals surface area contributed by atoms with Crippen molar-refractivity contribution in [3.8, 4) is 0 Å². The van der Waals surface area contributed by atoms with E-state index in [1.165, 1.54) is 32.4 Å². The van der Waals surface area contributed by atoms with Crippen LogP contribution >= 0.6 is 11.3 Å². The molecule has 0 spiro atoms. The Labute approximate surface area is 114 Å². The van der Waals surface area contributed by atoms with Gasteiger partial charge in [-0.3, -0.25) is 4.90 Å². The molecule has 1 fully saturated rings. The Kier molecular flexibility index (Phi) is 4.95. The van der Waals surface area contributed by atoms with E-state index < -0.39 is 0 Å². The van der Waals surface area contributed by atoms with E-state index in [2.05, 4.69) is 34.3 Å². The van der Waals surface area contributed by atoms with E-state index in [1.807, 2.05) is 7.05 Å². The van der Waals surface area contributed by atoms with Gasteiger partial charge < -0.3 is 5.32 Å². The van der Waals surface area contributed by atoms with Crippen molar-refractivity contribution in [1.29, 1.82) is 0 Å². The van der Waals surface area contributed by atoms with Gasteiger partial charge in [-0.15, -0.1) is 10.2 Å². The Morgan fingerprint density at radius 2 is 2.17 bits per heavy atom. The SMILES string of the molecule is CNc1nnc(CN2CCCC(C(C)C)CC2)s1. The molecular formula is C13H24N4S. The minimum absolute atomic E-state index is 0.822. The molecule has 0 saturated carbocycles. The standard InChI is InChI=1S/C13H24N4S/c1-10(2)11-5-4-7-17(8-6-11)9-12-15-16-13(14-3)18-12/h10-11H,4-9H2,1-3H3,(H,14,16). The van der Waals surface area contributed by atoms with Crippen molar-refractivity contribution in [2.45, 2.75) is 39.7 Å². The van der Waals surface area contributed by atoms with E-state index in [9.17, 15) is 0 Å². The fourth-order valence-corrected chi connectivity index (χ4v) is 3.35. The summed E-state index contributed by atoms with van der Waals surface area (Å²) >= 11 is 1.67. The van der Waals surface area contributed by atoms with Crippen LogP contribution in [0.1, 0.15) is 38.1 Å². The smallest absolute Gasteiger partial charge is 0.205 e. The fraction of sp³-hybridized carbons (Fsp3) is 0.846. The number of nitrogens with one attached hydrogen (secondary N) is 1. The van der Waals surface area contributed by atoms with Gasteiger partial charge >= 0.3 is 0 Å². The van der Waals surface area contributed by atoms with Crippen molar-refractivity contribution >= 4 is 16.5 Å². The molecule has 0 bridgehead atoms. The van der Waals surface area contributed by atoms with E-state index in [0.29, 0.717) is 0 Å². The van der Waals surface area contributed by atoms with Crippen molar-refractivity contribution in [2.75, 3.05) is 25.5 Å². The van der Waals surface area contributed by atoms with Gasteiger partial charge in [-0.1, -0.05) is 25.2 Å². The summed E-state index contributed by atoms with van der Waals surface area (Å²) in [7, 11) is 1.89. The van der Waals surface area contributed by atoms with Gasteiger partial charge in [-0.05, 0) is 44.2 Å². The lowest BCUT2D eigenvalue weighted by Gasteiger charge is -2.20. The number of nitrogens with zero attached hydrogens (tertiary/aromatic N) is 3. The molecule has 5 heteroatoms. The predicted molar refractivity (Wildman–Crippen MR) is 76.9 cm³/mol. The summed E-state index contributed by atoms with van der Waals surface area (Å²) in [6.07, 6.45) is 4.03. The van der Waals surface area contributed by atoms with E-state index in [4.69, 9.17) is 0 Å². The number of aromatic nitrogens is 2. The molecule has 102 valence electrons. The second kappa shape index (κ2) is 6.48. The highest BCUT2D eigenvalue weighted by molar-refractivity contribution is 7.15. The van der Waals surface area contributed by atoms with Gasteiger partial charge in [-0.25, -0.2) is 0 Å². The van der Waals surface area contributed by atoms with Gasteiger partial charge in [0, 0.05) is 7.05 Å². The lowest BCUT2D eigenvalue weighted by atomic mass is 9.89. The molecule has 1 atom stereocenters. The van der Waals surface area contributed by atoms with Crippen LogP contribution in [-0.2, 0) is 6.54 Å². The summed E-state index contributed by atoms with van der Waals surface area (Å²) in [4.78, 5) is 2.53. The number of hydrogen-bond acceptors (Lipinski definition) is 5. The third kappa shape index (κ3) is 3.65. The van der Waals surface area contributed by atoms with E-state index in [-0.39, 0.29) is 0 Å². The van der Waals surface area contributed by atoms with Crippen LogP contribution in [-0.4, -0.2) is 35.2 Å². The monoisotopic (exact) mass is 268 g/mol. The number of hydrogen-bond donors (Lipinski definition) is 1. The highest BCUT2D eigenvalue weighted by Crippen LogP contribution is 2.25. The number of likely N-dealkylation sites (tertiary alicyclic amines) is 1. The third-order valence-electron chi connectivity index (χ3n) is 3.85. The van der Waals surface area contributed by atoms with Crippen LogP contribution in [0.2, 0.25) is 0 Å². The first-order valence-electron chi connectivity index (χ1n) is 6.91. The summed E-state index contributed by atoms with van der Waals surface area (Å²) in [6, 6.07) is 0. The topological polar surface area (TPSA) is 41.1 Å². The van der Waals surface area contributed by atoms with Crippen LogP contribution in [0.5, 0.6) is 0 Å². The molecule has 0 amide bonds. The average Bonchev–Trinajstić information content (AvgIpc) is 2.66. The maximum absolute atomic E-state index is 4.23. The Morgan fingerprint density at radius 3 is 2.83 bits per heavy atom. The van der Waals surface area contributed by atoms with Gasteiger partial charge in [-0.2, -0.15) is 0 Å². The Balaban J connectivity index is 1.86. The zero-order chi connectivity index (χ0) is 13.0. The molecule has 1 unspecified atom stereocenters. The molecule has 0 radical (unpaired) electrons. The van der Waals surface area contributed by atoms with Crippen LogP contribution in [0.15, 0.2) is 0 Å². The molecule has 0 aromatic carbocycles. The molecule has 4 nitrogen and oxygen atoms in total. The summed E-state index contributed by atoms with van der Waals surface area (Å²) < 4.78 is 0. The van der Waals surface area contributed by atoms with Gasteiger partial charge in [0.15, 0.2) is 0 Å². The van der Waals surface area contributed by atoms with Gasteiger partial charge in [0.1, 0.15) is 5.01 Å². The average molecular weight is 268 g/mol. The number of rotatable bonds is 4. The lowest BCUT2D eigenvalue weighted by Crippen LogP contribution is -2.24. The Morgan fingerprint density at radius 1 is 1.33 bits per heavy atom. The van der Waals surface area contributed by atoms with Crippen molar-refractivity contribution in [3.05, 3.63) is 5.01 Å². The summed E-state index contributed by atoms with van der Waals surface area (Å²) in [5.74, 6) is 1.72. The molecule has 1 aromatic heterocycles. The van der Waals surface area contributed by atoms with E-state index in [1.54, 1.807) is 11.3 Å². The van der Waals surface area contributed by atoms with Crippen LogP contribution in [0.4, 0.5) is 5.13 Å². The molecular weight excluding hydrogens is 244 g/mol.